The first kappa shape index (κ1) is 17.0. The van der Waals surface area contributed by atoms with Crippen molar-refractivity contribution in [2.24, 2.45) is 11.7 Å². The standard InChI is InChI=1S/C18H29N3O/c1-21(2)13-17(11-14-7-4-3-5-8-14)20-18(22)15-9-6-10-16(19)12-15/h3-5,7-8,15-17H,6,9-13,19H2,1-2H3,(H,20,22). The Bertz CT molecular complexity index is 461. The van der Waals surface area contributed by atoms with Crippen molar-refractivity contribution in [2.75, 3.05) is 20.6 Å². The molecule has 1 amide bonds. The molecule has 1 fully saturated rings. The van der Waals surface area contributed by atoms with Crippen molar-refractivity contribution in [2.45, 2.75) is 44.2 Å². The molecule has 22 heavy (non-hydrogen) atoms. The molecule has 3 unspecified atom stereocenters. The van der Waals surface area contributed by atoms with Gasteiger partial charge in [0, 0.05) is 24.5 Å². The highest BCUT2D eigenvalue weighted by atomic mass is 16.1. The molecular formula is C18H29N3O. The van der Waals surface area contributed by atoms with Crippen molar-refractivity contribution in [1.29, 1.82) is 0 Å². The molecule has 1 aromatic rings. The topological polar surface area (TPSA) is 58.4 Å². The number of carbonyl (C=O) groups excluding carboxylic acids is 1. The van der Waals surface area contributed by atoms with Gasteiger partial charge in [0.2, 0.25) is 5.91 Å². The zero-order valence-electron chi connectivity index (χ0n) is 13.8. The van der Waals surface area contributed by atoms with E-state index in [1.807, 2.05) is 32.3 Å². The van der Waals surface area contributed by atoms with E-state index in [4.69, 9.17) is 5.73 Å². The summed E-state index contributed by atoms with van der Waals surface area (Å²) in [5, 5.41) is 3.25. The molecule has 1 saturated carbocycles. The largest absolute Gasteiger partial charge is 0.352 e. The predicted octanol–water partition coefficient (Wildman–Crippen LogP) is 1.79. The van der Waals surface area contributed by atoms with Gasteiger partial charge in [-0.2, -0.15) is 0 Å². The van der Waals surface area contributed by atoms with Crippen LogP contribution in [-0.2, 0) is 11.2 Å². The fourth-order valence-corrected chi connectivity index (χ4v) is 3.29. The molecule has 1 aromatic carbocycles. The van der Waals surface area contributed by atoms with Gasteiger partial charge in [-0.15, -0.1) is 0 Å². The molecule has 122 valence electrons. The number of nitrogens with zero attached hydrogens (tertiary/aromatic N) is 1. The van der Waals surface area contributed by atoms with E-state index in [1.54, 1.807) is 0 Å². The van der Waals surface area contributed by atoms with E-state index in [0.29, 0.717) is 0 Å². The number of hydrogen-bond acceptors (Lipinski definition) is 3. The molecular weight excluding hydrogens is 274 g/mol. The lowest BCUT2D eigenvalue weighted by molar-refractivity contribution is -0.126. The molecule has 0 heterocycles. The van der Waals surface area contributed by atoms with Crippen LogP contribution in [0.15, 0.2) is 30.3 Å². The van der Waals surface area contributed by atoms with Crippen molar-refractivity contribution in [3.05, 3.63) is 35.9 Å². The lowest BCUT2D eigenvalue weighted by Gasteiger charge is -2.29. The maximum atomic E-state index is 12.5. The normalized spacial score (nSPS) is 23.3. The third-order valence-corrected chi connectivity index (χ3v) is 4.34. The van der Waals surface area contributed by atoms with Gasteiger partial charge in [0.25, 0.3) is 0 Å². The Balaban J connectivity index is 1.95. The molecule has 2 rings (SSSR count). The minimum absolute atomic E-state index is 0.0872. The van der Waals surface area contributed by atoms with Crippen molar-refractivity contribution < 1.29 is 4.79 Å². The van der Waals surface area contributed by atoms with E-state index in [9.17, 15) is 4.79 Å². The Labute approximate surface area is 134 Å². The van der Waals surface area contributed by atoms with Gasteiger partial charge in [0.1, 0.15) is 0 Å². The second-order valence-electron chi connectivity index (χ2n) is 6.78. The first-order valence-corrected chi connectivity index (χ1v) is 8.29. The summed E-state index contributed by atoms with van der Waals surface area (Å²) in [7, 11) is 4.08. The molecule has 4 nitrogen and oxygen atoms in total. The Kier molecular flexibility index (Phi) is 6.40. The van der Waals surface area contributed by atoms with Gasteiger partial charge in [-0.1, -0.05) is 36.8 Å². The average Bonchev–Trinajstić information content (AvgIpc) is 2.47. The quantitative estimate of drug-likeness (QED) is 0.842. The predicted molar refractivity (Wildman–Crippen MR) is 90.6 cm³/mol. The van der Waals surface area contributed by atoms with Gasteiger partial charge >= 0.3 is 0 Å². The molecule has 0 radical (unpaired) electrons. The van der Waals surface area contributed by atoms with Crippen LogP contribution in [0.4, 0.5) is 0 Å². The lowest BCUT2D eigenvalue weighted by atomic mass is 9.85. The van der Waals surface area contributed by atoms with Crippen LogP contribution < -0.4 is 11.1 Å². The molecule has 0 bridgehead atoms. The second kappa shape index (κ2) is 8.30. The number of amides is 1. The second-order valence-corrected chi connectivity index (χ2v) is 6.78. The number of carbonyl (C=O) groups is 1. The van der Waals surface area contributed by atoms with Crippen LogP contribution in [0.3, 0.4) is 0 Å². The van der Waals surface area contributed by atoms with Crippen molar-refractivity contribution in [3.63, 3.8) is 0 Å². The van der Waals surface area contributed by atoms with E-state index in [1.165, 1.54) is 5.56 Å². The number of rotatable bonds is 6. The molecule has 3 atom stereocenters. The summed E-state index contributed by atoms with van der Waals surface area (Å²) in [6.07, 6.45) is 4.78. The Morgan fingerprint density at radius 2 is 2.05 bits per heavy atom. The molecule has 4 heteroatoms. The average molecular weight is 303 g/mol. The third-order valence-electron chi connectivity index (χ3n) is 4.34. The zero-order chi connectivity index (χ0) is 15.9. The smallest absolute Gasteiger partial charge is 0.223 e. The highest BCUT2D eigenvalue weighted by Crippen LogP contribution is 2.23. The van der Waals surface area contributed by atoms with E-state index in [-0.39, 0.29) is 23.9 Å². The van der Waals surface area contributed by atoms with Gasteiger partial charge in [0.05, 0.1) is 0 Å². The van der Waals surface area contributed by atoms with E-state index < -0.39 is 0 Å². The van der Waals surface area contributed by atoms with E-state index >= 15 is 0 Å². The molecule has 1 aliphatic rings. The van der Waals surface area contributed by atoms with E-state index in [0.717, 1.165) is 38.6 Å². The van der Waals surface area contributed by atoms with Crippen LogP contribution in [0.1, 0.15) is 31.2 Å². The van der Waals surface area contributed by atoms with Crippen molar-refractivity contribution in [3.8, 4) is 0 Å². The Hall–Kier alpha value is -1.39. The first-order valence-electron chi connectivity index (χ1n) is 8.29. The monoisotopic (exact) mass is 303 g/mol. The van der Waals surface area contributed by atoms with Crippen molar-refractivity contribution >= 4 is 5.91 Å². The van der Waals surface area contributed by atoms with Crippen LogP contribution in [0.25, 0.3) is 0 Å². The molecule has 0 saturated heterocycles. The zero-order valence-corrected chi connectivity index (χ0v) is 13.8. The molecule has 0 aliphatic heterocycles. The van der Waals surface area contributed by atoms with Crippen LogP contribution >= 0.6 is 0 Å². The summed E-state index contributed by atoms with van der Waals surface area (Å²) in [5.74, 6) is 0.266. The van der Waals surface area contributed by atoms with Crippen LogP contribution in [0.5, 0.6) is 0 Å². The van der Waals surface area contributed by atoms with Gasteiger partial charge in [-0.3, -0.25) is 4.79 Å². The number of likely N-dealkylation sites (N-methyl/N-ethyl adjacent to an activating group) is 1. The number of hydrogen-bond donors (Lipinski definition) is 2. The summed E-state index contributed by atoms with van der Waals surface area (Å²) in [6.45, 7) is 0.847. The fourth-order valence-electron chi connectivity index (χ4n) is 3.29. The van der Waals surface area contributed by atoms with Crippen LogP contribution in [-0.4, -0.2) is 43.5 Å². The fraction of sp³-hybridized carbons (Fsp3) is 0.611. The number of nitrogens with two attached hydrogens (primary N) is 1. The summed E-state index contributed by atoms with van der Waals surface area (Å²) in [5.41, 5.74) is 7.27. The minimum atomic E-state index is 0.0872. The van der Waals surface area contributed by atoms with Gasteiger partial charge in [0.15, 0.2) is 0 Å². The minimum Gasteiger partial charge on any atom is -0.352 e. The summed E-state index contributed by atoms with van der Waals surface area (Å²) in [6, 6.07) is 10.7. The highest BCUT2D eigenvalue weighted by Gasteiger charge is 2.27. The number of benzene rings is 1. The molecule has 0 aromatic heterocycles. The lowest BCUT2D eigenvalue weighted by Crippen LogP contribution is -2.47. The van der Waals surface area contributed by atoms with Gasteiger partial charge in [-0.05, 0) is 45.3 Å². The Morgan fingerprint density at radius 1 is 1.32 bits per heavy atom. The third kappa shape index (κ3) is 5.43. The SMILES string of the molecule is CN(C)CC(Cc1ccccc1)NC(=O)C1CCCC(N)C1. The highest BCUT2D eigenvalue weighted by molar-refractivity contribution is 5.79. The molecule has 1 aliphatic carbocycles. The van der Waals surface area contributed by atoms with Crippen LogP contribution in [0, 0.1) is 5.92 Å². The summed E-state index contributed by atoms with van der Waals surface area (Å²) in [4.78, 5) is 14.7. The Morgan fingerprint density at radius 3 is 2.68 bits per heavy atom. The van der Waals surface area contributed by atoms with Crippen molar-refractivity contribution in [1.82, 2.24) is 10.2 Å². The molecule has 0 spiro atoms. The summed E-state index contributed by atoms with van der Waals surface area (Å²) < 4.78 is 0. The van der Waals surface area contributed by atoms with E-state index in [2.05, 4.69) is 22.3 Å². The first-order chi connectivity index (χ1) is 10.5. The van der Waals surface area contributed by atoms with Crippen LogP contribution in [0.2, 0.25) is 0 Å². The number of nitrogens with one attached hydrogen (secondary N) is 1. The molecule has 3 N–H and O–H groups in total. The maximum Gasteiger partial charge on any atom is 0.223 e. The van der Waals surface area contributed by atoms with Gasteiger partial charge < -0.3 is 16.0 Å². The van der Waals surface area contributed by atoms with Gasteiger partial charge in [-0.25, -0.2) is 0 Å². The maximum absolute atomic E-state index is 12.5. The summed E-state index contributed by atoms with van der Waals surface area (Å²) >= 11 is 0.